The molecule has 1 fully saturated rings. The molecule has 1 atom stereocenters. The van der Waals surface area contributed by atoms with E-state index in [2.05, 4.69) is 4.98 Å². The van der Waals surface area contributed by atoms with Crippen molar-refractivity contribution in [3.8, 4) is 11.1 Å². The van der Waals surface area contributed by atoms with Gasteiger partial charge in [0.25, 0.3) is 0 Å². The summed E-state index contributed by atoms with van der Waals surface area (Å²) in [7, 11) is 0. The number of pyridine rings is 1. The zero-order valence-electron chi connectivity index (χ0n) is 17.1. The van der Waals surface area contributed by atoms with Crippen molar-refractivity contribution in [3.63, 3.8) is 0 Å². The van der Waals surface area contributed by atoms with Crippen molar-refractivity contribution in [2.45, 2.75) is 31.7 Å². The van der Waals surface area contributed by atoms with Crippen molar-refractivity contribution < 1.29 is 9.59 Å². The third-order valence-corrected chi connectivity index (χ3v) is 5.93. The van der Waals surface area contributed by atoms with Gasteiger partial charge in [0.05, 0.1) is 11.7 Å². The van der Waals surface area contributed by atoms with Gasteiger partial charge in [-0.1, -0.05) is 41.9 Å². The van der Waals surface area contributed by atoms with Crippen molar-refractivity contribution in [1.82, 2.24) is 9.88 Å². The second-order valence-corrected chi connectivity index (χ2v) is 8.23. The zero-order chi connectivity index (χ0) is 21.8. The summed E-state index contributed by atoms with van der Waals surface area (Å²) in [5, 5.41) is 0.689. The van der Waals surface area contributed by atoms with Crippen LogP contribution in [0.2, 0.25) is 5.02 Å². The molecule has 2 N–H and O–H groups in total. The van der Waals surface area contributed by atoms with E-state index in [9.17, 15) is 9.59 Å². The molecule has 6 heteroatoms. The highest BCUT2D eigenvalue weighted by molar-refractivity contribution is 6.30. The van der Waals surface area contributed by atoms with Gasteiger partial charge in [-0.25, -0.2) is 0 Å². The fraction of sp³-hybridized carbons (Fsp3) is 0.240. The predicted octanol–water partition coefficient (Wildman–Crippen LogP) is 4.80. The van der Waals surface area contributed by atoms with E-state index in [1.165, 1.54) is 0 Å². The molecule has 2 amide bonds. The number of benzene rings is 2. The van der Waals surface area contributed by atoms with Crippen LogP contribution in [0.15, 0.2) is 66.9 Å². The van der Waals surface area contributed by atoms with Crippen molar-refractivity contribution in [3.05, 3.63) is 88.7 Å². The molecule has 31 heavy (non-hydrogen) atoms. The highest BCUT2D eigenvalue weighted by atomic mass is 35.5. The van der Waals surface area contributed by atoms with Crippen LogP contribution < -0.4 is 5.73 Å². The van der Waals surface area contributed by atoms with E-state index in [0.717, 1.165) is 41.8 Å². The molecule has 1 aromatic heterocycles. The van der Waals surface area contributed by atoms with Crippen LogP contribution in [0.4, 0.5) is 0 Å². The number of halogens is 1. The minimum atomic E-state index is -0.454. The first-order chi connectivity index (χ1) is 15.0. The van der Waals surface area contributed by atoms with Gasteiger partial charge >= 0.3 is 0 Å². The van der Waals surface area contributed by atoms with E-state index < -0.39 is 5.91 Å². The first-order valence-corrected chi connectivity index (χ1v) is 10.8. The Morgan fingerprint density at radius 3 is 2.65 bits per heavy atom. The number of amides is 2. The third-order valence-electron chi connectivity index (χ3n) is 5.70. The topological polar surface area (TPSA) is 76.3 Å². The second kappa shape index (κ2) is 9.31. The fourth-order valence-electron chi connectivity index (χ4n) is 4.09. The Kier molecular flexibility index (Phi) is 6.33. The summed E-state index contributed by atoms with van der Waals surface area (Å²) in [6.07, 6.45) is 4.80. The highest BCUT2D eigenvalue weighted by Gasteiger charge is 2.30. The first-order valence-electron chi connectivity index (χ1n) is 10.4. The Morgan fingerprint density at radius 2 is 1.90 bits per heavy atom. The Balaban J connectivity index is 1.45. The van der Waals surface area contributed by atoms with Gasteiger partial charge in [-0.2, -0.15) is 0 Å². The van der Waals surface area contributed by atoms with Crippen LogP contribution in [0.1, 0.15) is 46.9 Å². The van der Waals surface area contributed by atoms with E-state index in [4.69, 9.17) is 17.3 Å². The smallest absolute Gasteiger partial charge is 0.248 e. The molecular formula is C25H24ClN3O2. The van der Waals surface area contributed by atoms with Gasteiger partial charge in [0.15, 0.2) is 0 Å². The number of nitrogens with two attached hydrogens (primary N) is 1. The molecule has 0 spiro atoms. The molecule has 5 nitrogen and oxygen atoms in total. The minimum Gasteiger partial charge on any atom is -0.366 e. The normalized spacial score (nSPS) is 15.8. The van der Waals surface area contributed by atoms with Gasteiger partial charge in [0.2, 0.25) is 11.8 Å². The van der Waals surface area contributed by atoms with Crippen LogP contribution in [-0.2, 0) is 11.2 Å². The number of hydrogen-bond donors (Lipinski definition) is 1. The molecule has 4 rings (SSSR count). The van der Waals surface area contributed by atoms with E-state index in [1.807, 2.05) is 47.4 Å². The molecule has 1 saturated heterocycles. The molecule has 0 unspecified atom stereocenters. The molecule has 1 aliphatic rings. The maximum absolute atomic E-state index is 12.9. The molecule has 2 heterocycles. The third kappa shape index (κ3) is 4.94. The van der Waals surface area contributed by atoms with E-state index in [-0.39, 0.29) is 11.9 Å². The monoisotopic (exact) mass is 433 g/mol. The minimum absolute atomic E-state index is 0.00198. The number of hydrogen-bond acceptors (Lipinski definition) is 3. The lowest BCUT2D eigenvalue weighted by atomic mass is 10.0. The molecule has 0 saturated carbocycles. The largest absolute Gasteiger partial charge is 0.366 e. The predicted molar refractivity (Wildman–Crippen MR) is 122 cm³/mol. The van der Waals surface area contributed by atoms with Gasteiger partial charge in [0.1, 0.15) is 0 Å². The van der Waals surface area contributed by atoms with Crippen LogP contribution in [0.5, 0.6) is 0 Å². The van der Waals surface area contributed by atoms with Gasteiger partial charge in [0, 0.05) is 35.3 Å². The highest BCUT2D eigenvalue weighted by Crippen LogP contribution is 2.32. The number of nitrogens with zero attached hydrogens (tertiary/aromatic N) is 2. The summed E-state index contributed by atoms with van der Waals surface area (Å²) < 4.78 is 0. The first kappa shape index (κ1) is 21.1. The molecule has 3 aromatic rings. The van der Waals surface area contributed by atoms with Gasteiger partial charge < -0.3 is 10.6 Å². The van der Waals surface area contributed by atoms with Crippen LogP contribution in [0.3, 0.4) is 0 Å². The Labute approximate surface area is 186 Å². The Morgan fingerprint density at radius 1 is 1.06 bits per heavy atom. The molecule has 0 aliphatic carbocycles. The number of carbonyl (C=O) groups is 2. The quantitative estimate of drug-likeness (QED) is 0.606. The Bertz CT molecular complexity index is 1100. The lowest BCUT2D eigenvalue weighted by molar-refractivity contribution is -0.132. The molecule has 2 aromatic carbocycles. The SMILES string of the molecule is NC(=O)c1cccc(-c2ccc([C@H]3CCCN3C(=O)CCc3cccc(Cl)c3)nc2)c1. The zero-order valence-corrected chi connectivity index (χ0v) is 17.9. The van der Waals surface area contributed by atoms with Crippen molar-refractivity contribution in [2.24, 2.45) is 5.73 Å². The van der Waals surface area contributed by atoms with E-state index >= 15 is 0 Å². The molecular weight excluding hydrogens is 410 g/mol. The summed E-state index contributed by atoms with van der Waals surface area (Å²) in [4.78, 5) is 30.9. The van der Waals surface area contributed by atoms with Crippen LogP contribution in [-0.4, -0.2) is 28.2 Å². The summed E-state index contributed by atoms with van der Waals surface area (Å²) >= 11 is 6.05. The summed E-state index contributed by atoms with van der Waals surface area (Å²) in [5.74, 6) is -0.313. The average Bonchev–Trinajstić information content (AvgIpc) is 3.28. The van der Waals surface area contributed by atoms with E-state index in [1.54, 1.807) is 24.4 Å². The number of rotatable bonds is 6. The summed E-state index contributed by atoms with van der Waals surface area (Å²) in [6, 6.07) is 18.8. The molecule has 0 bridgehead atoms. The van der Waals surface area contributed by atoms with Crippen LogP contribution >= 0.6 is 11.6 Å². The number of aryl methyl sites for hydroxylation is 1. The van der Waals surface area contributed by atoms with Gasteiger partial charge in [-0.15, -0.1) is 0 Å². The standard InChI is InChI=1S/C25H24ClN3O2/c26-21-7-1-4-17(14-21)9-12-24(30)29-13-3-8-23(29)22-11-10-20(16-28-22)18-5-2-6-19(15-18)25(27)31/h1-2,4-7,10-11,14-16,23H,3,8-9,12-13H2,(H2,27,31)/t23-/m1/s1. The van der Waals surface area contributed by atoms with Crippen molar-refractivity contribution >= 4 is 23.4 Å². The number of carbonyl (C=O) groups excluding carboxylic acids is 2. The molecule has 1 aliphatic heterocycles. The number of primary amides is 1. The molecule has 0 radical (unpaired) electrons. The average molecular weight is 434 g/mol. The lowest BCUT2D eigenvalue weighted by Crippen LogP contribution is -2.31. The summed E-state index contributed by atoms with van der Waals surface area (Å²) in [5.41, 5.74) is 9.60. The van der Waals surface area contributed by atoms with Crippen LogP contribution in [0, 0.1) is 0 Å². The van der Waals surface area contributed by atoms with Gasteiger partial charge in [-0.05, 0) is 60.7 Å². The second-order valence-electron chi connectivity index (χ2n) is 7.79. The number of likely N-dealkylation sites (tertiary alicyclic amines) is 1. The van der Waals surface area contributed by atoms with Crippen LogP contribution in [0.25, 0.3) is 11.1 Å². The van der Waals surface area contributed by atoms with E-state index in [0.29, 0.717) is 23.4 Å². The molecule has 158 valence electrons. The lowest BCUT2D eigenvalue weighted by Gasteiger charge is -2.24. The van der Waals surface area contributed by atoms with Crippen molar-refractivity contribution in [2.75, 3.05) is 6.54 Å². The summed E-state index contributed by atoms with van der Waals surface area (Å²) in [6.45, 7) is 0.753. The van der Waals surface area contributed by atoms with Crippen molar-refractivity contribution in [1.29, 1.82) is 0 Å². The maximum Gasteiger partial charge on any atom is 0.248 e. The fourth-order valence-corrected chi connectivity index (χ4v) is 4.30. The maximum atomic E-state index is 12.9. The van der Waals surface area contributed by atoms with Gasteiger partial charge in [-0.3, -0.25) is 14.6 Å². The Hall–Kier alpha value is -3.18. The number of aromatic nitrogens is 1.